The summed E-state index contributed by atoms with van der Waals surface area (Å²) in [7, 11) is 0. The summed E-state index contributed by atoms with van der Waals surface area (Å²) in [4.78, 5) is 30.0. The second-order valence-corrected chi connectivity index (χ2v) is 11.4. The fourth-order valence-corrected chi connectivity index (χ4v) is 5.19. The van der Waals surface area contributed by atoms with E-state index in [2.05, 4.69) is 39.0 Å². The molecule has 0 spiro atoms. The van der Waals surface area contributed by atoms with E-state index in [9.17, 15) is 9.59 Å². The Kier molecular flexibility index (Phi) is 7.25. The van der Waals surface area contributed by atoms with Gasteiger partial charge in [-0.1, -0.05) is 24.6 Å². The zero-order valence-electron chi connectivity index (χ0n) is 22.1. The van der Waals surface area contributed by atoms with Crippen LogP contribution in [-0.4, -0.2) is 63.4 Å². The van der Waals surface area contributed by atoms with E-state index < -0.39 is 5.60 Å². The predicted molar refractivity (Wildman–Crippen MR) is 137 cm³/mol. The lowest BCUT2D eigenvalue weighted by Crippen LogP contribution is -2.42. The Morgan fingerprint density at radius 1 is 0.971 bits per heavy atom. The molecule has 2 aliphatic rings. The molecule has 0 unspecified atom stereocenters. The topological polar surface area (TPSA) is 67.7 Å². The molecule has 1 aromatic heterocycles. The SMILES string of the molecule is Cc1ccc(-n2ncc(C(=O)N3CCC(C)CC3)c2C2CCN(C(=O)OC(C)(C)C)CC2)c(C)c1. The van der Waals surface area contributed by atoms with Gasteiger partial charge in [0.15, 0.2) is 0 Å². The largest absolute Gasteiger partial charge is 0.444 e. The lowest BCUT2D eigenvalue weighted by atomic mass is 9.90. The molecular weight excluding hydrogens is 440 g/mol. The van der Waals surface area contributed by atoms with Crippen molar-refractivity contribution >= 4 is 12.0 Å². The number of nitrogens with zero attached hydrogens (tertiary/aromatic N) is 4. The first-order valence-corrected chi connectivity index (χ1v) is 13.0. The number of piperidine rings is 2. The number of amides is 2. The Morgan fingerprint density at radius 3 is 2.20 bits per heavy atom. The summed E-state index contributed by atoms with van der Waals surface area (Å²) in [6, 6.07) is 6.33. The van der Waals surface area contributed by atoms with E-state index in [1.165, 1.54) is 5.56 Å². The molecule has 0 aliphatic carbocycles. The molecule has 3 heterocycles. The van der Waals surface area contributed by atoms with Crippen LogP contribution in [0.5, 0.6) is 0 Å². The second kappa shape index (κ2) is 10.0. The van der Waals surface area contributed by atoms with Crippen LogP contribution in [0.25, 0.3) is 5.69 Å². The van der Waals surface area contributed by atoms with E-state index in [1.54, 1.807) is 11.1 Å². The van der Waals surface area contributed by atoms with Gasteiger partial charge >= 0.3 is 6.09 Å². The number of carbonyl (C=O) groups excluding carboxylic acids is 2. The average Bonchev–Trinajstić information content (AvgIpc) is 3.23. The number of hydrogen-bond donors (Lipinski definition) is 0. The fraction of sp³-hybridized carbons (Fsp3) is 0.607. The molecule has 2 saturated heterocycles. The maximum absolute atomic E-state index is 13.7. The van der Waals surface area contributed by atoms with Gasteiger partial charge < -0.3 is 14.5 Å². The number of hydrogen-bond acceptors (Lipinski definition) is 4. The van der Waals surface area contributed by atoms with Crippen LogP contribution in [0.15, 0.2) is 24.4 Å². The molecule has 7 heteroatoms. The van der Waals surface area contributed by atoms with E-state index in [1.807, 2.05) is 30.4 Å². The Morgan fingerprint density at radius 2 is 1.60 bits per heavy atom. The maximum Gasteiger partial charge on any atom is 0.410 e. The van der Waals surface area contributed by atoms with Crippen LogP contribution in [0.2, 0.25) is 0 Å². The first-order chi connectivity index (χ1) is 16.5. The third-order valence-corrected chi connectivity index (χ3v) is 7.22. The minimum atomic E-state index is -0.513. The molecule has 7 nitrogen and oxygen atoms in total. The third-order valence-electron chi connectivity index (χ3n) is 7.22. The van der Waals surface area contributed by atoms with Crippen molar-refractivity contribution < 1.29 is 14.3 Å². The molecule has 0 atom stereocenters. The number of likely N-dealkylation sites (tertiary alicyclic amines) is 2. The summed E-state index contributed by atoms with van der Waals surface area (Å²) in [5.41, 5.74) is 4.50. The Hall–Kier alpha value is -2.83. The van der Waals surface area contributed by atoms with Crippen molar-refractivity contribution in [3.05, 3.63) is 46.8 Å². The van der Waals surface area contributed by atoms with Gasteiger partial charge in [0, 0.05) is 32.1 Å². The summed E-state index contributed by atoms with van der Waals surface area (Å²) in [5, 5.41) is 4.75. The van der Waals surface area contributed by atoms with Crippen molar-refractivity contribution in [2.45, 2.75) is 78.7 Å². The molecule has 0 N–H and O–H groups in total. The minimum Gasteiger partial charge on any atom is -0.444 e. The third kappa shape index (κ3) is 5.71. The van der Waals surface area contributed by atoms with Crippen molar-refractivity contribution in [1.29, 1.82) is 0 Å². The summed E-state index contributed by atoms with van der Waals surface area (Å²) in [5.74, 6) is 0.880. The van der Waals surface area contributed by atoms with Crippen molar-refractivity contribution in [2.24, 2.45) is 5.92 Å². The highest BCUT2D eigenvalue weighted by atomic mass is 16.6. The molecule has 1 aromatic carbocycles. The zero-order chi connectivity index (χ0) is 25.3. The highest BCUT2D eigenvalue weighted by Gasteiger charge is 2.34. The highest BCUT2D eigenvalue weighted by Crippen LogP contribution is 2.34. The molecule has 4 rings (SSSR count). The highest BCUT2D eigenvalue weighted by molar-refractivity contribution is 5.95. The second-order valence-electron chi connectivity index (χ2n) is 11.4. The van der Waals surface area contributed by atoms with Crippen LogP contribution in [0.1, 0.15) is 86.5 Å². The number of benzene rings is 1. The first kappa shape index (κ1) is 25.3. The van der Waals surface area contributed by atoms with Crippen LogP contribution < -0.4 is 0 Å². The van der Waals surface area contributed by atoms with E-state index in [0.29, 0.717) is 24.6 Å². The minimum absolute atomic E-state index is 0.0810. The monoisotopic (exact) mass is 480 g/mol. The van der Waals surface area contributed by atoms with Crippen LogP contribution >= 0.6 is 0 Å². The van der Waals surface area contributed by atoms with Gasteiger partial charge in [-0.05, 0) is 77.8 Å². The number of aryl methyl sites for hydroxylation is 2. The summed E-state index contributed by atoms with van der Waals surface area (Å²) < 4.78 is 7.56. The van der Waals surface area contributed by atoms with Gasteiger partial charge in [0.1, 0.15) is 5.60 Å². The van der Waals surface area contributed by atoms with Gasteiger partial charge in [-0.25, -0.2) is 9.48 Å². The molecular formula is C28H40N4O3. The summed E-state index contributed by atoms with van der Waals surface area (Å²) in [6.07, 6.45) is 5.12. The van der Waals surface area contributed by atoms with Gasteiger partial charge in [0.25, 0.3) is 5.91 Å². The molecule has 2 aromatic rings. The molecule has 35 heavy (non-hydrogen) atoms. The van der Waals surface area contributed by atoms with E-state index in [-0.39, 0.29) is 17.9 Å². The number of rotatable bonds is 3. The van der Waals surface area contributed by atoms with E-state index in [4.69, 9.17) is 9.84 Å². The van der Waals surface area contributed by atoms with Gasteiger partial charge in [0.2, 0.25) is 0 Å². The standard InChI is InChI=1S/C28H40N4O3/c1-19-9-13-30(14-10-19)26(33)23-18-29-32(24-8-7-20(2)17-21(24)3)25(23)22-11-15-31(16-12-22)27(34)35-28(4,5)6/h7-8,17-19,22H,9-16H2,1-6H3. The molecule has 2 amide bonds. The first-order valence-electron chi connectivity index (χ1n) is 13.0. The van der Waals surface area contributed by atoms with Gasteiger partial charge in [-0.2, -0.15) is 5.10 Å². The van der Waals surface area contributed by atoms with Crippen molar-refractivity contribution in [1.82, 2.24) is 19.6 Å². The summed E-state index contributed by atoms with van der Waals surface area (Å²) in [6.45, 7) is 14.9. The van der Waals surface area contributed by atoms with Gasteiger partial charge in [0.05, 0.1) is 23.1 Å². The fourth-order valence-electron chi connectivity index (χ4n) is 5.19. The van der Waals surface area contributed by atoms with Crippen molar-refractivity contribution in [2.75, 3.05) is 26.2 Å². The lowest BCUT2D eigenvalue weighted by molar-refractivity contribution is 0.0202. The zero-order valence-corrected chi connectivity index (χ0v) is 22.1. The molecule has 0 saturated carbocycles. The normalized spacial score (nSPS) is 18.1. The Labute approximate surface area is 209 Å². The number of ether oxygens (including phenoxy) is 1. The molecule has 190 valence electrons. The molecule has 2 aliphatic heterocycles. The molecule has 0 radical (unpaired) electrons. The van der Waals surface area contributed by atoms with Crippen LogP contribution in [0.4, 0.5) is 4.79 Å². The van der Waals surface area contributed by atoms with Crippen molar-refractivity contribution in [3.63, 3.8) is 0 Å². The van der Waals surface area contributed by atoms with Gasteiger partial charge in [-0.3, -0.25) is 4.79 Å². The van der Waals surface area contributed by atoms with Crippen LogP contribution in [0, 0.1) is 19.8 Å². The van der Waals surface area contributed by atoms with E-state index >= 15 is 0 Å². The maximum atomic E-state index is 13.7. The van der Waals surface area contributed by atoms with Crippen molar-refractivity contribution in [3.8, 4) is 5.69 Å². The smallest absolute Gasteiger partial charge is 0.410 e. The Balaban J connectivity index is 1.63. The molecule has 2 fully saturated rings. The lowest BCUT2D eigenvalue weighted by Gasteiger charge is -2.34. The number of carbonyl (C=O) groups is 2. The Bertz CT molecular complexity index is 1070. The average molecular weight is 481 g/mol. The summed E-state index contributed by atoms with van der Waals surface area (Å²) >= 11 is 0. The number of aromatic nitrogens is 2. The predicted octanol–water partition coefficient (Wildman–Crippen LogP) is 5.48. The molecule has 0 bridgehead atoms. The van der Waals surface area contributed by atoms with Crippen LogP contribution in [-0.2, 0) is 4.74 Å². The van der Waals surface area contributed by atoms with Crippen LogP contribution in [0.3, 0.4) is 0 Å². The quantitative estimate of drug-likeness (QED) is 0.584. The van der Waals surface area contributed by atoms with E-state index in [0.717, 1.165) is 55.7 Å². The van der Waals surface area contributed by atoms with Gasteiger partial charge in [-0.15, -0.1) is 0 Å².